The van der Waals surface area contributed by atoms with Crippen LogP contribution in [0.3, 0.4) is 0 Å². The minimum atomic E-state index is 0.617. The van der Waals surface area contributed by atoms with E-state index in [2.05, 4.69) is 15.0 Å². The van der Waals surface area contributed by atoms with E-state index in [1.54, 1.807) is 18.0 Å². The first-order valence-electron chi connectivity index (χ1n) is 5.36. The number of nitrogens with two attached hydrogens (primary N) is 1. The maximum absolute atomic E-state index is 5.67. The summed E-state index contributed by atoms with van der Waals surface area (Å²) in [6.45, 7) is 1.97. The lowest BCUT2D eigenvalue weighted by Crippen LogP contribution is -1.83. The van der Waals surface area contributed by atoms with Gasteiger partial charge in [0.2, 0.25) is 5.78 Å². The van der Waals surface area contributed by atoms with Gasteiger partial charge in [0.1, 0.15) is 0 Å². The minimum Gasteiger partial charge on any atom is -0.375 e. The predicted octanol–water partition coefficient (Wildman–Crippen LogP) is 2.37. The van der Waals surface area contributed by atoms with E-state index in [-0.39, 0.29) is 0 Å². The molecule has 5 nitrogen and oxygen atoms in total. The molecule has 18 heavy (non-hydrogen) atoms. The molecular weight excluding hydrogens is 266 g/mol. The number of aromatic nitrogens is 4. The topological polar surface area (TPSA) is 69.1 Å². The van der Waals surface area contributed by atoms with E-state index < -0.39 is 0 Å². The normalized spacial score (nSPS) is 11.2. The van der Waals surface area contributed by atoms with Gasteiger partial charge in [0.05, 0.1) is 15.6 Å². The average molecular weight is 277 g/mol. The lowest BCUT2D eigenvalue weighted by Gasteiger charge is -1.94. The number of imidazole rings is 1. The molecule has 7 heteroatoms. The second-order valence-electron chi connectivity index (χ2n) is 3.77. The Kier molecular flexibility index (Phi) is 2.92. The molecule has 0 fully saturated rings. The van der Waals surface area contributed by atoms with Crippen LogP contribution in [0.5, 0.6) is 0 Å². The third kappa shape index (κ3) is 2.19. The van der Waals surface area contributed by atoms with Crippen molar-refractivity contribution in [2.75, 3.05) is 5.73 Å². The van der Waals surface area contributed by atoms with Crippen LogP contribution in [0.2, 0.25) is 0 Å². The molecule has 2 N–H and O–H groups in total. The summed E-state index contributed by atoms with van der Waals surface area (Å²) in [6.07, 6.45) is 5.68. The van der Waals surface area contributed by atoms with Gasteiger partial charge < -0.3 is 5.73 Å². The zero-order valence-electron chi connectivity index (χ0n) is 9.70. The van der Waals surface area contributed by atoms with Crippen molar-refractivity contribution >= 4 is 34.0 Å². The quantitative estimate of drug-likeness (QED) is 0.744. The van der Waals surface area contributed by atoms with Crippen LogP contribution in [0.1, 0.15) is 11.4 Å². The van der Waals surface area contributed by atoms with E-state index >= 15 is 0 Å². The highest BCUT2D eigenvalue weighted by Crippen LogP contribution is 2.32. The van der Waals surface area contributed by atoms with Crippen molar-refractivity contribution in [1.29, 1.82) is 0 Å². The van der Waals surface area contributed by atoms with Gasteiger partial charge in [-0.3, -0.25) is 4.40 Å². The zero-order valence-corrected chi connectivity index (χ0v) is 11.3. The largest absolute Gasteiger partial charge is 0.375 e. The van der Waals surface area contributed by atoms with Gasteiger partial charge in [-0.25, -0.2) is 15.0 Å². The molecule has 0 aliphatic carbocycles. The van der Waals surface area contributed by atoms with Crippen LogP contribution in [0.4, 0.5) is 5.13 Å². The van der Waals surface area contributed by atoms with Crippen LogP contribution in [0, 0.1) is 6.92 Å². The van der Waals surface area contributed by atoms with Crippen LogP contribution < -0.4 is 5.73 Å². The number of thiazole rings is 1. The number of nitrogens with zero attached hydrogens (tertiary/aromatic N) is 4. The van der Waals surface area contributed by atoms with Crippen molar-refractivity contribution < 1.29 is 0 Å². The van der Waals surface area contributed by atoms with Crippen molar-refractivity contribution in [2.24, 2.45) is 0 Å². The molecule has 0 aromatic carbocycles. The highest BCUT2D eigenvalue weighted by Gasteiger charge is 2.08. The lowest BCUT2D eigenvalue weighted by molar-refractivity contribution is 1.11. The second-order valence-corrected chi connectivity index (χ2v) is 6.05. The maximum atomic E-state index is 5.67. The highest BCUT2D eigenvalue weighted by atomic mass is 32.2. The number of hydrogen-bond acceptors (Lipinski definition) is 6. The van der Waals surface area contributed by atoms with E-state index in [0.717, 1.165) is 27.1 Å². The maximum Gasteiger partial charge on any atom is 0.233 e. The highest BCUT2D eigenvalue weighted by molar-refractivity contribution is 8.00. The van der Waals surface area contributed by atoms with E-state index in [0.29, 0.717) is 5.13 Å². The SMILES string of the molecule is Cc1nc(N)sc1SCc1cn2cccnc2n1. The summed E-state index contributed by atoms with van der Waals surface area (Å²) in [5, 5.41) is 0.617. The fraction of sp³-hybridized carbons (Fsp3) is 0.182. The van der Waals surface area contributed by atoms with Crippen LogP contribution in [0.25, 0.3) is 5.78 Å². The first-order valence-corrected chi connectivity index (χ1v) is 7.17. The van der Waals surface area contributed by atoms with Gasteiger partial charge in [0.25, 0.3) is 0 Å². The second kappa shape index (κ2) is 4.58. The third-order valence-electron chi connectivity index (χ3n) is 2.41. The fourth-order valence-electron chi connectivity index (χ4n) is 1.63. The smallest absolute Gasteiger partial charge is 0.233 e. The van der Waals surface area contributed by atoms with Gasteiger partial charge in [-0.1, -0.05) is 11.3 Å². The summed E-state index contributed by atoms with van der Waals surface area (Å²) in [6, 6.07) is 1.89. The molecular formula is C11H11N5S2. The Morgan fingerprint density at radius 3 is 3.06 bits per heavy atom. The summed E-state index contributed by atoms with van der Waals surface area (Å²) in [7, 11) is 0. The van der Waals surface area contributed by atoms with Crippen LogP contribution in [-0.4, -0.2) is 19.4 Å². The number of fused-ring (bicyclic) bond motifs is 1. The Hall–Kier alpha value is -1.60. The molecule has 0 saturated carbocycles. The number of rotatable bonds is 3. The van der Waals surface area contributed by atoms with Gasteiger partial charge >= 0.3 is 0 Å². The van der Waals surface area contributed by atoms with Crippen molar-refractivity contribution in [2.45, 2.75) is 16.9 Å². The van der Waals surface area contributed by atoms with Crippen LogP contribution in [-0.2, 0) is 5.75 Å². The summed E-state index contributed by atoms with van der Waals surface area (Å²) in [5.74, 6) is 1.53. The molecule has 0 bridgehead atoms. The van der Waals surface area contributed by atoms with Gasteiger partial charge in [-0.15, -0.1) is 11.8 Å². The molecule has 0 saturated heterocycles. The molecule has 0 spiro atoms. The van der Waals surface area contributed by atoms with Gasteiger partial charge in [-0.05, 0) is 13.0 Å². The Morgan fingerprint density at radius 1 is 1.44 bits per heavy atom. The Balaban J connectivity index is 1.78. The first-order chi connectivity index (χ1) is 8.72. The van der Waals surface area contributed by atoms with Crippen LogP contribution in [0.15, 0.2) is 28.9 Å². The fourth-order valence-corrected chi connectivity index (χ4v) is 3.53. The average Bonchev–Trinajstić information content (AvgIpc) is 2.89. The molecule has 3 aromatic heterocycles. The Labute approximate surface area is 112 Å². The minimum absolute atomic E-state index is 0.617. The number of aryl methyl sites for hydroxylation is 1. The third-order valence-corrected chi connectivity index (χ3v) is 4.79. The summed E-state index contributed by atoms with van der Waals surface area (Å²) < 4.78 is 3.07. The summed E-state index contributed by atoms with van der Waals surface area (Å²) in [5.41, 5.74) is 7.67. The van der Waals surface area contributed by atoms with Crippen molar-refractivity contribution in [1.82, 2.24) is 19.4 Å². The number of hydrogen-bond donors (Lipinski definition) is 1. The van der Waals surface area contributed by atoms with Gasteiger partial charge in [-0.2, -0.15) is 0 Å². The first kappa shape index (κ1) is 11.5. The van der Waals surface area contributed by atoms with E-state index in [9.17, 15) is 0 Å². The van der Waals surface area contributed by atoms with Crippen molar-refractivity contribution in [3.63, 3.8) is 0 Å². The Bertz CT molecular complexity index is 655. The molecule has 3 heterocycles. The molecule has 0 aliphatic heterocycles. The summed E-state index contributed by atoms with van der Waals surface area (Å²) >= 11 is 3.23. The number of anilines is 1. The molecule has 3 rings (SSSR count). The number of nitrogen functional groups attached to an aromatic ring is 1. The molecule has 0 radical (unpaired) electrons. The predicted molar refractivity (Wildman–Crippen MR) is 73.8 cm³/mol. The number of thioether (sulfide) groups is 1. The van der Waals surface area contributed by atoms with E-state index in [4.69, 9.17) is 5.73 Å². The monoisotopic (exact) mass is 277 g/mol. The van der Waals surface area contributed by atoms with Gasteiger partial charge in [0.15, 0.2) is 5.13 Å². The summed E-state index contributed by atoms with van der Waals surface area (Å²) in [4.78, 5) is 12.8. The van der Waals surface area contributed by atoms with E-state index in [1.807, 2.05) is 29.8 Å². The zero-order chi connectivity index (χ0) is 12.5. The molecule has 92 valence electrons. The standard InChI is InChI=1S/C11H11N5S2/c1-7-9(18-10(12)14-7)17-6-8-5-16-4-2-3-13-11(16)15-8/h2-5H,6H2,1H3,(H2,12,14). The van der Waals surface area contributed by atoms with Crippen molar-refractivity contribution in [3.05, 3.63) is 36.0 Å². The molecule has 3 aromatic rings. The lowest BCUT2D eigenvalue weighted by atomic mass is 10.6. The molecule has 0 amide bonds. The molecule has 0 unspecified atom stereocenters. The Morgan fingerprint density at radius 2 is 2.33 bits per heavy atom. The van der Waals surface area contributed by atoms with Crippen LogP contribution >= 0.6 is 23.1 Å². The van der Waals surface area contributed by atoms with Crippen molar-refractivity contribution in [3.8, 4) is 0 Å². The van der Waals surface area contributed by atoms with Gasteiger partial charge in [0, 0.05) is 24.3 Å². The molecule has 0 atom stereocenters. The molecule has 0 aliphatic rings. The van der Waals surface area contributed by atoms with E-state index in [1.165, 1.54) is 11.3 Å².